The Labute approximate surface area is 75.6 Å². The zero-order chi connectivity index (χ0) is 9.84. The Morgan fingerprint density at radius 1 is 1.38 bits per heavy atom. The monoisotopic (exact) mass is 180 g/mol. The van der Waals surface area contributed by atoms with Gasteiger partial charge in [0.2, 0.25) is 0 Å². The number of hydrogen-bond acceptors (Lipinski definition) is 3. The summed E-state index contributed by atoms with van der Waals surface area (Å²) >= 11 is 0. The second-order valence-electron chi connectivity index (χ2n) is 2.80. The van der Waals surface area contributed by atoms with Crippen LogP contribution in [-0.4, -0.2) is 17.1 Å². The Morgan fingerprint density at radius 3 is 2.38 bits per heavy atom. The molecule has 0 saturated carbocycles. The van der Waals surface area contributed by atoms with E-state index in [0.29, 0.717) is 0 Å². The molecular weight excluding hydrogens is 170 g/mol. The van der Waals surface area contributed by atoms with Crippen molar-refractivity contribution < 1.29 is 15.0 Å². The van der Waals surface area contributed by atoms with Gasteiger partial charge in [-0.25, -0.2) is 9.90 Å². The lowest BCUT2D eigenvalue weighted by molar-refractivity contribution is -0.144. The number of phenolic OH excluding ortho intramolecular Hbond substituents is 1. The molecular formula is C9H10NO3. The first-order valence-corrected chi connectivity index (χ1v) is 3.84. The molecule has 0 saturated heterocycles. The molecule has 0 bridgehead atoms. The third kappa shape index (κ3) is 2.76. The number of nitrogens with two attached hydrogens (primary N) is 1. The third-order valence-electron chi connectivity index (χ3n) is 1.69. The molecule has 0 unspecified atom stereocenters. The van der Waals surface area contributed by atoms with Crippen molar-refractivity contribution in [2.24, 2.45) is 5.73 Å². The first-order chi connectivity index (χ1) is 6.09. The van der Waals surface area contributed by atoms with Gasteiger partial charge in [0.05, 0.1) is 0 Å². The molecule has 1 rings (SSSR count). The van der Waals surface area contributed by atoms with Crippen LogP contribution in [0.15, 0.2) is 24.3 Å². The molecule has 1 aromatic rings. The second-order valence-corrected chi connectivity index (χ2v) is 2.80. The van der Waals surface area contributed by atoms with E-state index in [-0.39, 0.29) is 12.2 Å². The minimum atomic E-state index is -1.27. The van der Waals surface area contributed by atoms with Gasteiger partial charge in [-0.15, -0.1) is 0 Å². The SMILES string of the molecule is N[C@@H](Cc1ccc(O)cc1)C([O])=O. The molecule has 3 N–H and O–H groups in total. The number of carbonyl (C=O) groups excluding carboxylic acids is 1. The fourth-order valence-electron chi connectivity index (χ4n) is 0.969. The number of phenols is 1. The summed E-state index contributed by atoms with van der Waals surface area (Å²) in [6.07, 6.45) is 0.211. The predicted molar refractivity (Wildman–Crippen MR) is 45.5 cm³/mol. The lowest BCUT2D eigenvalue weighted by Crippen LogP contribution is -2.31. The van der Waals surface area contributed by atoms with Crippen molar-refractivity contribution in [1.82, 2.24) is 0 Å². The zero-order valence-electron chi connectivity index (χ0n) is 6.93. The number of hydrogen-bond donors (Lipinski definition) is 2. The number of aromatic hydroxyl groups is 1. The molecule has 0 aliphatic rings. The quantitative estimate of drug-likeness (QED) is 0.697. The van der Waals surface area contributed by atoms with Gasteiger partial charge in [-0.1, -0.05) is 12.1 Å². The van der Waals surface area contributed by atoms with Crippen molar-refractivity contribution in [3.05, 3.63) is 29.8 Å². The molecule has 0 fully saturated rings. The van der Waals surface area contributed by atoms with E-state index >= 15 is 0 Å². The molecule has 0 heterocycles. The number of benzene rings is 1. The van der Waals surface area contributed by atoms with Crippen molar-refractivity contribution in [2.75, 3.05) is 0 Å². The van der Waals surface area contributed by atoms with E-state index in [1.807, 2.05) is 0 Å². The van der Waals surface area contributed by atoms with Gasteiger partial charge < -0.3 is 10.8 Å². The van der Waals surface area contributed by atoms with Crippen molar-refractivity contribution in [3.8, 4) is 5.75 Å². The molecule has 0 spiro atoms. The third-order valence-corrected chi connectivity index (χ3v) is 1.69. The Morgan fingerprint density at radius 2 is 1.92 bits per heavy atom. The summed E-state index contributed by atoms with van der Waals surface area (Å²) in [7, 11) is 0. The standard InChI is InChI=1S/C9H10NO3/c10-8(9(12)13)5-6-1-3-7(11)4-2-6/h1-4,8,11H,5,10H2/t8-/m0/s1. The highest BCUT2D eigenvalue weighted by Crippen LogP contribution is 2.10. The number of carbonyl (C=O) groups is 1. The van der Waals surface area contributed by atoms with Crippen LogP contribution in [0.4, 0.5) is 0 Å². The van der Waals surface area contributed by atoms with E-state index in [4.69, 9.17) is 10.8 Å². The first kappa shape index (κ1) is 9.54. The molecule has 1 radical (unpaired) electrons. The highest BCUT2D eigenvalue weighted by Gasteiger charge is 2.13. The minimum Gasteiger partial charge on any atom is -0.508 e. The topological polar surface area (TPSA) is 83.2 Å². The normalized spacial score (nSPS) is 12.4. The lowest BCUT2D eigenvalue weighted by atomic mass is 10.1. The molecule has 1 atom stereocenters. The van der Waals surface area contributed by atoms with Crippen LogP contribution in [0.1, 0.15) is 5.56 Å². The van der Waals surface area contributed by atoms with Crippen molar-refractivity contribution in [3.63, 3.8) is 0 Å². The molecule has 0 amide bonds. The summed E-state index contributed by atoms with van der Waals surface area (Å²) in [6.45, 7) is 0. The van der Waals surface area contributed by atoms with E-state index in [9.17, 15) is 9.90 Å². The molecule has 0 aromatic heterocycles. The molecule has 1 aromatic carbocycles. The molecule has 4 nitrogen and oxygen atoms in total. The summed E-state index contributed by atoms with van der Waals surface area (Å²) in [4.78, 5) is 10.3. The van der Waals surface area contributed by atoms with E-state index < -0.39 is 12.0 Å². The van der Waals surface area contributed by atoms with Crippen LogP contribution in [0.3, 0.4) is 0 Å². The van der Waals surface area contributed by atoms with Gasteiger partial charge in [0, 0.05) is 0 Å². The summed E-state index contributed by atoms with van der Waals surface area (Å²) in [5.41, 5.74) is 6.02. The van der Waals surface area contributed by atoms with Gasteiger partial charge in [-0.3, -0.25) is 0 Å². The van der Waals surface area contributed by atoms with E-state index in [1.54, 1.807) is 12.1 Å². The van der Waals surface area contributed by atoms with E-state index in [1.165, 1.54) is 12.1 Å². The Hall–Kier alpha value is -1.55. The highest BCUT2D eigenvalue weighted by atomic mass is 16.4. The average Bonchev–Trinajstić information content (AvgIpc) is 2.08. The Kier molecular flexibility index (Phi) is 2.87. The van der Waals surface area contributed by atoms with E-state index in [2.05, 4.69) is 0 Å². The summed E-state index contributed by atoms with van der Waals surface area (Å²) in [6, 6.07) is 5.22. The van der Waals surface area contributed by atoms with Crippen LogP contribution < -0.4 is 5.73 Å². The molecule has 0 aliphatic heterocycles. The molecule has 69 valence electrons. The van der Waals surface area contributed by atoms with Crippen LogP contribution >= 0.6 is 0 Å². The van der Waals surface area contributed by atoms with Gasteiger partial charge in [0.1, 0.15) is 11.8 Å². The van der Waals surface area contributed by atoms with Crippen LogP contribution in [0.25, 0.3) is 0 Å². The van der Waals surface area contributed by atoms with Gasteiger partial charge >= 0.3 is 5.97 Å². The number of rotatable bonds is 3. The van der Waals surface area contributed by atoms with Crippen molar-refractivity contribution in [2.45, 2.75) is 12.5 Å². The summed E-state index contributed by atoms with van der Waals surface area (Å²) in [5, 5.41) is 19.2. The molecule has 13 heavy (non-hydrogen) atoms. The zero-order valence-corrected chi connectivity index (χ0v) is 6.93. The molecule has 0 aliphatic carbocycles. The maximum Gasteiger partial charge on any atom is 0.372 e. The van der Waals surface area contributed by atoms with E-state index in [0.717, 1.165) is 5.56 Å². The largest absolute Gasteiger partial charge is 0.508 e. The van der Waals surface area contributed by atoms with Crippen molar-refractivity contribution >= 4 is 5.97 Å². The van der Waals surface area contributed by atoms with Gasteiger partial charge in [-0.05, 0) is 24.1 Å². The fraction of sp³-hybridized carbons (Fsp3) is 0.222. The Bertz CT molecular complexity index is 294. The van der Waals surface area contributed by atoms with Crippen LogP contribution in [0.5, 0.6) is 5.75 Å². The first-order valence-electron chi connectivity index (χ1n) is 3.84. The Balaban J connectivity index is 2.64. The highest BCUT2D eigenvalue weighted by molar-refractivity contribution is 5.73. The van der Waals surface area contributed by atoms with Crippen molar-refractivity contribution in [1.29, 1.82) is 0 Å². The van der Waals surface area contributed by atoms with Gasteiger partial charge in [0.15, 0.2) is 0 Å². The van der Waals surface area contributed by atoms with Crippen LogP contribution in [0, 0.1) is 0 Å². The summed E-state index contributed by atoms with van der Waals surface area (Å²) < 4.78 is 0. The average molecular weight is 180 g/mol. The van der Waals surface area contributed by atoms with Gasteiger partial charge in [-0.2, -0.15) is 0 Å². The van der Waals surface area contributed by atoms with Gasteiger partial charge in [0.25, 0.3) is 0 Å². The van der Waals surface area contributed by atoms with Crippen LogP contribution in [-0.2, 0) is 16.3 Å². The predicted octanol–water partition coefficient (Wildman–Crippen LogP) is 0.219. The smallest absolute Gasteiger partial charge is 0.372 e. The van der Waals surface area contributed by atoms with Crippen LogP contribution in [0.2, 0.25) is 0 Å². The maximum atomic E-state index is 10.3. The fourth-order valence-corrected chi connectivity index (χ4v) is 0.969. The minimum absolute atomic E-state index is 0.144. The molecule has 4 heteroatoms. The summed E-state index contributed by atoms with van der Waals surface area (Å²) in [5.74, 6) is -1.13. The maximum absolute atomic E-state index is 10.3. The lowest BCUT2D eigenvalue weighted by Gasteiger charge is -2.04. The second kappa shape index (κ2) is 3.91.